The number of guanidine groups is 1. The summed E-state index contributed by atoms with van der Waals surface area (Å²) in [6.45, 7) is 6.99. The first-order chi connectivity index (χ1) is 12.0. The molecule has 25 heavy (non-hydrogen) atoms. The highest BCUT2D eigenvalue weighted by Gasteiger charge is 2.13. The molecule has 0 aliphatic heterocycles. The van der Waals surface area contributed by atoms with Crippen LogP contribution in [0.4, 0.5) is 4.39 Å². The lowest BCUT2D eigenvalue weighted by Crippen LogP contribution is -2.43. The smallest absolute Gasteiger partial charge is 0.191 e. The van der Waals surface area contributed by atoms with Gasteiger partial charge in [-0.15, -0.1) is 11.3 Å². The first kappa shape index (κ1) is 19.4. The Morgan fingerprint density at radius 2 is 2.04 bits per heavy atom. The fourth-order valence-corrected chi connectivity index (χ4v) is 3.54. The van der Waals surface area contributed by atoms with Gasteiger partial charge in [0, 0.05) is 34.3 Å². The molecular weight excluding hydrogens is 337 g/mol. The number of halogens is 1. The molecule has 0 saturated carbocycles. The molecule has 1 aromatic heterocycles. The predicted molar refractivity (Wildman–Crippen MR) is 103 cm³/mol. The summed E-state index contributed by atoms with van der Waals surface area (Å²) in [7, 11) is 0. The highest BCUT2D eigenvalue weighted by Crippen LogP contribution is 2.17. The number of rotatable bonds is 7. The van der Waals surface area contributed by atoms with Crippen molar-refractivity contribution in [3.8, 4) is 0 Å². The maximum absolute atomic E-state index is 13.7. The lowest BCUT2D eigenvalue weighted by molar-refractivity contribution is 0.182. The van der Waals surface area contributed by atoms with Crippen LogP contribution in [0.2, 0.25) is 0 Å². The van der Waals surface area contributed by atoms with E-state index in [0.717, 1.165) is 6.42 Å². The van der Waals surface area contributed by atoms with Crippen LogP contribution in [0.25, 0.3) is 0 Å². The minimum Gasteiger partial charge on any atom is -0.386 e. The molecule has 1 heterocycles. The van der Waals surface area contributed by atoms with E-state index in [2.05, 4.69) is 41.6 Å². The van der Waals surface area contributed by atoms with Gasteiger partial charge in [0.25, 0.3) is 0 Å². The number of nitrogens with one attached hydrogen (secondary N) is 2. The van der Waals surface area contributed by atoms with Crippen LogP contribution in [0.1, 0.15) is 35.3 Å². The molecule has 2 rings (SSSR count). The Morgan fingerprint density at radius 1 is 1.28 bits per heavy atom. The molecule has 0 saturated heterocycles. The molecule has 4 nitrogen and oxygen atoms in total. The number of hydrogen-bond donors (Lipinski definition) is 3. The van der Waals surface area contributed by atoms with Crippen molar-refractivity contribution in [2.24, 2.45) is 4.99 Å². The number of aliphatic imine (C=N–C) groups is 1. The molecule has 2 unspecified atom stereocenters. The van der Waals surface area contributed by atoms with Gasteiger partial charge in [-0.25, -0.2) is 4.39 Å². The number of hydrogen-bond acceptors (Lipinski definition) is 3. The Hall–Kier alpha value is -1.92. The van der Waals surface area contributed by atoms with E-state index < -0.39 is 11.9 Å². The minimum absolute atomic E-state index is 0.0983. The molecule has 2 atom stereocenters. The largest absolute Gasteiger partial charge is 0.386 e. The highest BCUT2D eigenvalue weighted by atomic mass is 32.1. The zero-order chi connectivity index (χ0) is 18.2. The lowest BCUT2D eigenvalue weighted by atomic mass is 10.1. The quantitative estimate of drug-likeness (QED) is 0.522. The van der Waals surface area contributed by atoms with E-state index in [9.17, 15) is 9.50 Å². The average molecular weight is 364 g/mol. The zero-order valence-electron chi connectivity index (χ0n) is 14.9. The maximum atomic E-state index is 13.7. The van der Waals surface area contributed by atoms with E-state index in [-0.39, 0.29) is 18.2 Å². The molecule has 0 amide bonds. The number of aliphatic hydroxyl groups excluding tert-OH is 1. The van der Waals surface area contributed by atoms with Crippen LogP contribution in [-0.2, 0) is 6.42 Å². The summed E-state index contributed by atoms with van der Waals surface area (Å²) in [5.74, 6) is 0.211. The molecule has 2 aromatic rings. The fraction of sp³-hybridized carbons (Fsp3) is 0.421. The number of benzene rings is 1. The summed E-state index contributed by atoms with van der Waals surface area (Å²) >= 11 is 1.79. The molecular formula is C19H26FN3OS. The van der Waals surface area contributed by atoms with Crippen LogP contribution < -0.4 is 10.6 Å². The number of aliphatic hydroxyl groups is 1. The second-order valence-corrected chi connectivity index (χ2v) is 7.39. The molecule has 0 radical (unpaired) electrons. The molecule has 0 fully saturated rings. The standard InChI is InChI=1S/C19H26FN3OS/c1-4-21-19(23-13(2)11-15-10-9-14(3)25-15)22-12-18(24)16-7-5-6-8-17(16)20/h5-10,13,18,24H,4,11-12H2,1-3H3,(H2,21,22,23). The molecule has 1 aromatic carbocycles. The Labute approximate surface area is 152 Å². The number of aryl methyl sites for hydroxylation is 1. The van der Waals surface area contributed by atoms with E-state index >= 15 is 0 Å². The van der Waals surface area contributed by atoms with Crippen LogP contribution in [-0.4, -0.2) is 30.2 Å². The number of nitrogens with zero attached hydrogens (tertiary/aromatic N) is 1. The molecule has 0 aliphatic carbocycles. The summed E-state index contributed by atoms with van der Waals surface area (Å²) in [6, 6.07) is 10.7. The van der Waals surface area contributed by atoms with Gasteiger partial charge in [0.2, 0.25) is 0 Å². The predicted octanol–water partition coefficient (Wildman–Crippen LogP) is 3.42. The van der Waals surface area contributed by atoms with Crippen molar-refractivity contribution in [2.45, 2.75) is 39.3 Å². The van der Waals surface area contributed by atoms with Crippen LogP contribution in [0.5, 0.6) is 0 Å². The van der Waals surface area contributed by atoms with Gasteiger partial charge in [-0.1, -0.05) is 18.2 Å². The first-order valence-corrected chi connectivity index (χ1v) is 9.34. The molecule has 136 valence electrons. The van der Waals surface area contributed by atoms with Crippen molar-refractivity contribution in [3.63, 3.8) is 0 Å². The van der Waals surface area contributed by atoms with Gasteiger partial charge in [0.1, 0.15) is 11.9 Å². The van der Waals surface area contributed by atoms with Crippen LogP contribution >= 0.6 is 11.3 Å². The topological polar surface area (TPSA) is 56.7 Å². The third-order valence-electron chi connectivity index (χ3n) is 3.72. The maximum Gasteiger partial charge on any atom is 0.191 e. The van der Waals surface area contributed by atoms with Gasteiger partial charge >= 0.3 is 0 Å². The summed E-state index contributed by atoms with van der Waals surface area (Å²) in [6.07, 6.45) is -0.0643. The number of thiophene rings is 1. The first-order valence-electron chi connectivity index (χ1n) is 8.52. The second kappa shape index (κ2) is 9.53. The third-order valence-corrected chi connectivity index (χ3v) is 4.74. The van der Waals surface area contributed by atoms with Gasteiger partial charge in [0.15, 0.2) is 5.96 Å². The van der Waals surface area contributed by atoms with Gasteiger partial charge in [-0.3, -0.25) is 4.99 Å². The summed E-state index contributed by atoms with van der Waals surface area (Å²) in [5, 5.41) is 16.7. The summed E-state index contributed by atoms with van der Waals surface area (Å²) in [5.41, 5.74) is 0.268. The molecule has 0 bridgehead atoms. The van der Waals surface area contributed by atoms with E-state index in [4.69, 9.17) is 0 Å². The minimum atomic E-state index is -0.966. The van der Waals surface area contributed by atoms with Crippen molar-refractivity contribution < 1.29 is 9.50 Å². The molecule has 6 heteroatoms. The van der Waals surface area contributed by atoms with E-state index in [1.54, 1.807) is 29.5 Å². The summed E-state index contributed by atoms with van der Waals surface area (Å²) < 4.78 is 13.7. The van der Waals surface area contributed by atoms with Gasteiger partial charge in [-0.2, -0.15) is 0 Å². The van der Waals surface area contributed by atoms with E-state index in [0.29, 0.717) is 12.5 Å². The van der Waals surface area contributed by atoms with Crippen LogP contribution in [0.3, 0.4) is 0 Å². The van der Waals surface area contributed by atoms with Gasteiger partial charge < -0.3 is 15.7 Å². The molecule has 3 N–H and O–H groups in total. The van der Waals surface area contributed by atoms with Crippen LogP contribution in [0.15, 0.2) is 41.4 Å². The lowest BCUT2D eigenvalue weighted by Gasteiger charge is -2.18. The second-order valence-electron chi connectivity index (χ2n) is 6.02. The van der Waals surface area contributed by atoms with Crippen molar-refractivity contribution in [1.29, 1.82) is 0 Å². The molecule has 0 spiro atoms. The van der Waals surface area contributed by atoms with E-state index in [1.807, 2.05) is 6.92 Å². The van der Waals surface area contributed by atoms with Crippen LogP contribution in [0, 0.1) is 12.7 Å². The highest BCUT2D eigenvalue weighted by molar-refractivity contribution is 7.11. The summed E-state index contributed by atoms with van der Waals surface area (Å²) in [4.78, 5) is 7.02. The Kier molecular flexibility index (Phi) is 7.40. The Balaban J connectivity index is 1.96. The zero-order valence-corrected chi connectivity index (χ0v) is 15.7. The van der Waals surface area contributed by atoms with Crippen molar-refractivity contribution >= 4 is 17.3 Å². The van der Waals surface area contributed by atoms with Crippen molar-refractivity contribution in [2.75, 3.05) is 13.1 Å². The normalized spacial score (nSPS) is 14.2. The van der Waals surface area contributed by atoms with E-state index in [1.165, 1.54) is 15.8 Å². The van der Waals surface area contributed by atoms with Gasteiger partial charge in [-0.05, 0) is 39.0 Å². The SMILES string of the molecule is CCNC(=NCC(O)c1ccccc1F)NC(C)Cc1ccc(C)s1. The third kappa shape index (κ3) is 6.14. The Morgan fingerprint density at radius 3 is 2.68 bits per heavy atom. The van der Waals surface area contributed by atoms with Crippen molar-refractivity contribution in [3.05, 3.63) is 57.5 Å². The van der Waals surface area contributed by atoms with Gasteiger partial charge in [0.05, 0.1) is 6.54 Å². The molecule has 0 aliphatic rings. The van der Waals surface area contributed by atoms with Crippen molar-refractivity contribution in [1.82, 2.24) is 10.6 Å². The fourth-order valence-electron chi connectivity index (χ4n) is 2.52. The Bertz CT molecular complexity index is 701. The average Bonchev–Trinajstić information content (AvgIpc) is 2.97. The monoisotopic (exact) mass is 363 g/mol.